The maximum Gasteiger partial charge on any atom is 0.323 e. The lowest BCUT2D eigenvalue weighted by molar-refractivity contribution is -0.144. The second-order valence-corrected chi connectivity index (χ2v) is 4.53. The molecule has 5 heteroatoms. The summed E-state index contributed by atoms with van der Waals surface area (Å²) in [6, 6.07) is 6.98. The van der Waals surface area contributed by atoms with Crippen molar-refractivity contribution in [3.63, 3.8) is 0 Å². The van der Waals surface area contributed by atoms with Crippen LogP contribution < -0.4 is 0 Å². The van der Waals surface area contributed by atoms with Gasteiger partial charge in [-0.15, -0.1) is 6.58 Å². The van der Waals surface area contributed by atoms with Gasteiger partial charge in [-0.1, -0.05) is 29.8 Å². The van der Waals surface area contributed by atoms with Crippen molar-refractivity contribution in [2.45, 2.75) is 19.4 Å². The van der Waals surface area contributed by atoms with E-state index in [0.717, 1.165) is 5.56 Å². The Morgan fingerprint density at radius 1 is 1.32 bits per heavy atom. The van der Waals surface area contributed by atoms with E-state index >= 15 is 0 Å². The molecule has 0 saturated carbocycles. The topological polar surface area (TPSA) is 57.6 Å². The quantitative estimate of drug-likeness (QED) is 0.782. The Morgan fingerprint density at radius 2 is 1.95 bits per heavy atom. The zero-order valence-corrected chi connectivity index (χ0v) is 11.3. The van der Waals surface area contributed by atoms with Gasteiger partial charge in [0, 0.05) is 18.0 Å². The van der Waals surface area contributed by atoms with Crippen LogP contribution in [-0.4, -0.2) is 28.4 Å². The summed E-state index contributed by atoms with van der Waals surface area (Å²) in [6.07, 6.45) is 2.44. The van der Waals surface area contributed by atoms with Crippen LogP contribution in [0.25, 0.3) is 0 Å². The molecule has 0 aromatic heterocycles. The molecule has 0 spiro atoms. The molecular formula is C14H16ClNO3. The van der Waals surface area contributed by atoms with Crippen molar-refractivity contribution in [3.05, 3.63) is 47.5 Å². The second-order valence-electron chi connectivity index (χ2n) is 4.10. The Balaban J connectivity index is 2.73. The number of amides is 1. The lowest BCUT2D eigenvalue weighted by Gasteiger charge is -2.20. The number of hydrogen-bond acceptors (Lipinski definition) is 2. The van der Waals surface area contributed by atoms with Gasteiger partial charge in [0.2, 0.25) is 5.91 Å². The minimum atomic E-state index is -1.03. The number of halogens is 1. The van der Waals surface area contributed by atoms with E-state index in [4.69, 9.17) is 16.7 Å². The lowest BCUT2D eigenvalue weighted by Crippen LogP contribution is -2.34. The summed E-state index contributed by atoms with van der Waals surface area (Å²) in [5.41, 5.74) is 0.845. The maximum absolute atomic E-state index is 11.9. The second kappa shape index (κ2) is 7.59. The van der Waals surface area contributed by atoms with Crippen LogP contribution in [0.5, 0.6) is 0 Å². The normalized spacial score (nSPS) is 9.95. The molecule has 0 heterocycles. The number of carbonyl (C=O) groups is 2. The zero-order valence-electron chi connectivity index (χ0n) is 10.5. The SMILES string of the molecule is C=CCCC(=O)N(CC(=O)O)Cc1ccc(Cl)cc1. The third-order valence-electron chi connectivity index (χ3n) is 2.53. The first kappa shape index (κ1) is 15.2. The van der Waals surface area contributed by atoms with Crippen molar-refractivity contribution in [2.24, 2.45) is 0 Å². The van der Waals surface area contributed by atoms with Crippen molar-refractivity contribution in [3.8, 4) is 0 Å². The lowest BCUT2D eigenvalue weighted by atomic mass is 10.2. The van der Waals surface area contributed by atoms with Gasteiger partial charge in [0.05, 0.1) is 0 Å². The van der Waals surface area contributed by atoms with Gasteiger partial charge in [0.15, 0.2) is 0 Å². The van der Waals surface area contributed by atoms with Crippen LogP contribution in [0.15, 0.2) is 36.9 Å². The number of carboxylic acids is 1. The van der Waals surface area contributed by atoms with Crippen LogP contribution in [-0.2, 0) is 16.1 Å². The van der Waals surface area contributed by atoms with Gasteiger partial charge < -0.3 is 10.0 Å². The number of carboxylic acid groups (broad SMARTS) is 1. The Bertz CT molecular complexity index is 456. The molecule has 1 aromatic carbocycles. The molecule has 0 radical (unpaired) electrons. The average molecular weight is 282 g/mol. The van der Waals surface area contributed by atoms with Gasteiger partial charge in [-0.2, -0.15) is 0 Å². The molecule has 1 amide bonds. The number of carbonyl (C=O) groups excluding carboxylic acids is 1. The van der Waals surface area contributed by atoms with Gasteiger partial charge in [0.25, 0.3) is 0 Å². The molecule has 0 atom stereocenters. The van der Waals surface area contributed by atoms with E-state index in [2.05, 4.69) is 6.58 Å². The zero-order chi connectivity index (χ0) is 14.3. The van der Waals surface area contributed by atoms with Crippen molar-refractivity contribution in [2.75, 3.05) is 6.54 Å². The van der Waals surface area contributed by atoms with Gasteiger partial charge in [-0.3, -0.25) is 9.59 Å². The molecule has 1 N–H and O–H groups in total. The van der Waals surface area contributed by atoms with E-state index in [1.807, 2.05) is 0 Å². The first-order valence-electron chi connectivity index (χ1n) is 5.88. The van der Waals surface area contributed by atoms with Gasteiger partial charge in [0.1, 0.15) is 6.54 Å². The number of benzene rings is 1. The Morgan fingerprint density at radius 3 is 2.47 bits per heavy atom. The Hall–Kier alpha value is -1.81. The summed E-state index contributed by atoms with van der Waals surface area (Å²) < 4.78 is 0. The van der Waals surface area contributed by atoms with E-state index in [1.54, 1.807) is 30.3 Å². The van der Waals surface area contributed by atoms with Crippen molar-refractivity contribution >= 4 is 23.5 Å². The highest BCUT2D eigenvalue weighted by Gasteiger charge is 2.16. The first-order valence-corrected chi connectivity index (χ1v) is 6.25. The highest BCUT2D eigenvalue weighted by atomic mass is 35.5. The van der Waals surface area contributed by atoms with Crippen LogP contribution >= 0.6 is 11.6 Å². The summed E-state index contributed by atoms with van der Waals surface area (Å²) in [4.78, 5) is 24.0. The third kappa shape index (κ3) is 5.57. The van der Waals surface area contributed by atoms with Gasteiger partial charge in [-0.05, 0) is 24.1 Å². The summed E-state index contributed by atoms with van der Waals surface area (Å²) in [6.45, 7) is 3.50. The molecule has 0 bridgehead atoms. The molecule has 0 aliphatic carbocycles. The molecule has 1 rings (SSSR count). The van der Waals surface area contributed by atoms with E-state index in [-0.39, 0.29) is 25.4 Å². The standard InChI is InChI=1S/C14H16ClNO3/c1-2-3-4-13(17)16(10-14(18)19)9-11-5-7-12(15)8-6-11/h2,5-8H,1,3-4,9-10H2,(H,18,19). The predicted octanol–water partition coefficient (Wildman–Crippen LogP) is 2.72. The fourth-order valence-corrected chi connectivity index (χ4v) is 1.72. The molecule has 19 heavy (non-hydrogen) atoms. The van der Waals surface area contributed by atoms with E-state index in [1.165, 1.54) is 4.90 Å². The fraction of sp³-hybridized carbons (Fsp3) is 0.286. The van der Waals surface area contributed by atoms with Crippen molar-refractivity contribution in [1.82, 2.24) is 4.90 Å². The smallest absolute Gasteiger partial charge is 0.323 e. The largest absolute Gasteiger partial charge is 0.480 e. The molecule has 102 valence electrons. The fourth-order valence-electron chi connectivity index (χ4n) is 1.59. The minimum Gasteiger partial charge on any atom is -0.480 e. The molecule has 4 nitrogen and oxygen atoms in total. The molecule has 0 fully saturated rings. The van der Waals surface area contributed by atoms with Crippen LogP contribution in [0.2, 0.25) is 5.02 Å². The third-order valence-corrected chi connectivity index (χ3v) is 2.78. The minimum absolute atomic E-state index is 0.197. The number of aliphatic carboxylic acids is 1. The number of allylic oxidation sites excluding steroid dienone is 1. The Labute approximate surface area is 117 Å². The number of nitrogens with zero attached hydrogens (tertiary/aromatic N) is 1. The maximum atomic E-state index is 11.9. The van der Waals surface area contributed by atoms with Crippen LogP contribution in [0.4, 0.5) is 0 Å². The van der Waals surface area contributed by atoms with Crippen molar-refractivity contribution in [1.29, 1.82) is 0 Å². The van der Waals surface area contributed by atoms with Crippen LogP contribution in [0.3, 0.4) is 0 Å². The average Bonchev–Trinajstić information content (AvgIpc) is 2.37. The van der Waals surface area contributed by atoms with E-state index in [9.17, 15) is 9.59 Å². The molecule has 0 saturated heterocycles. The summed E-state index contributed by atoms with van der Waals surface area (Å²) in [7, 11) is 0. The number of hydrogen-bond donors (Lipinski definition) is 1. The molecule has 1 aromatic rings. The van der Waals surface area contributed by atoms with Crippen molar-refractivity contribution < 1.29 is 14.7 Å². The van der Waals surface area contributed by atoms with Crippen LogP contribution in [0.1, 0.15) is 18.4 Å². The van der Waals surface area contributed by atoms with Gasteiger partial charge >= 0.3 is 5.97 Å². The highest BCUT2D eigenvalue weighted by molar-refractivity contribution is 6.30. The van der Waals surface area contributed by atoms with Gasteiger partial charge in [-0.25, -0.2) is 0 Å². The molecule has 0 unspecified atom stereocenters. The predicted molar refractivity (Wildman–Crippen MR) is 73.9 cm³/mol. The Kier molecular flexibility index (Phi) is 6.09. The molecule has 0 aliphatic rings. The molecule has 0 aliphatic heterocycles. The van der Waals surface area contributed by atoms with Crippen LogP contribution in [0, 0.1) is 0 Å². The number of rotatable bonds is 7. The highest BCUT2D eigenvalue weighted by Crippen LogP contribution is 2.12. The first-order chi connectivity index (χ1) is 9.02. The van der Waals surface area contributed by atoms with E-state index in [0.29, 0.717) is 11.4 Å². The molecular weight excluding hydrogens is 266 g/mol. The van der Waals surface area contributed by atoms with E-state index < -0.39 is 5.97 Å². The summed E-state index contributed by atoms with van der Waals surface area (Å²) in [5.74, 6) is -1.22. The summed E-state index contributed by atoms with van der Waals surface area (Å²) in [5, 5.41) is 9.45. The summed E-state index contributed by atoms with van der Waals surface area (Å²) >= 11 is 5.78. The monoisotopic (exact) mass is 281 g/mol.